The summed E-state index contributed by atoms with van der Waals surface area (Å²) in [5, 5.41) is 8.94. The normalized spacial score (nSPS) is 15.9. The number of amides is 1. The number of halogens is 2. The highest BCUT2D eigenvalue weighted by Crippen LogP contribution is 2.24. The summed E-state index contributed by atoms with van der Waals surface area (Å²) in [7, 11) is 0. The van der Waals surface area contributed by atoms with Crippen LogP contribution in [0.5, 0.6) is 0 Å². The Morgan fingerprint density at radius 1 is 1.39 bits per heavy atom. The molecule has 1 heterocycles. The minimum atomic E-state index is -0.847. The van der Waals surface area contributed by atoms with Crippen molar-refractivity contribution in [3.8, 4) is 0 Å². The number of carboxylic acid groups (broad SMARTS) is 1. The fourth-order valence-corrected chi connectivity index (χ4v) is 3.48. The lowest BCUT2D eigenvalue weighted by Gasteiger charge is -2.37. The van der Waals surface area contributed by atoms with Crippen LogP contribution < -0.4 is 0 Å². The van der Waals surface area contributed by atoms with Crippen LogP contribution in [-0.2, 0) is 4.79 Å². The molecule has 0 atom stereocenters. The number of carbonyl (C=O) groups excluding carboxylic acids is 1. The summed E-state index contributed by atoms with van der Waals surface area (Å²) in [5.41, 5.74) is 0.0591. The zero-order valence-corrected chi connectivity index (χ0v) is 14.6. The maximum Gasteiger partial charge on any atom is 0.317 e. The van der Waals surface area contributed by atoms with E-state index < -0.39 is 11.8 Å². The molecule has 1 aromatic carbocycles. The van der Waals surface area contributed by atoms with Crippen LogP contribution >= 0.6 is 15.9 Å². The fourth-order valence-electron chi connectivity index (χ4n) is 2.97. The lowest BCUT2D eigenvalue weighted by atomic mass is 10.0. The largest absolute Gasteiger partial charge is 0.480 e. The molecule has 1 amide bonds. The molecule has 126 valence electrons. The molecule has 2 rings (SSSR count). The van der Waals surface area contributed by atoms with Gasteiger partial charge in [-0.25, -0.2) is 4.39 Å². The predicted octanol–water partition coefficient (Wildman–Crippen LogP) is 2.60. The molecule has 0 aliphatic carbocycles. The summed E-state index contributed by atoms with van der Waals surface area (Å²) in [6.07, 6.45) is 1.39. The molecule has 5 nitrogen and oxygen atoms in total. The van der Waals surface area contributed by atoms with Gasteiger partial charge in [-0.2, -0.15) is 0 Å². The molecule has 0 radical (unpaired) electrons. The average molecular weight is 387 g/mol. The average Bonchev–Trinajstić information content (AvgIpc) is 2.52. The first kappa shape index (κ1) is 17.9. The summed E-state index contributed by atoms with van der Waals surface area (Å²) in [6, 6.07) is 4.61. The smallest absolute Gasteiger partial charge is 0.317 e. The van der Waals surface area contributed by atoms with Gasteiger partial charge in [0.15, 0.2) is 0 Å². The minimum Gasteiger partial charge on any atom is -0.480 e. The number of likely N-dealkylation sites (tertiary alicyclic amines) is 1. The van der Waals surface area contributed by atoms with E-state index in [1.807, 2.05) is 11.8 Å². The molecule has 1 N–H and O–H groups in total. The fraction of sp³-hybridized carbons (Fsp3) is 0.500. The molecule has 0 unspecified atom stereocenters. The van der Waals surface area contributed by atoms with Gasteiger partial charge in [0.1, 0.15) is 5.82 Å². The van der Waals surface area contributed by atoms with Crippen molar-refractivity contribution in [2.45, 2.75) is 25.8 Å². The van der Waals surface area contributed by atoms with Crippen LogP contribution in [0.3, 0.4) is 0 Å². The summed E-state index contributed by atoms with van der Waals surface area (Å²) >= 11 is 3.23. The topological polar surface area (TPSA) is 60.9 Å². The third kappa shape index (κ3) is 4.29. The monoisotopic (exact) mass is 386 g/mol. The zero-order valence-electron chi connectivity index (χ0n) is 13.0. The molecule has 7 heteroatoms. The second-order valence-electron chi connectivity index (χ2n) is 5.58. The number of hydrogen-bond acceptors (Lipinski definition) is 3. The van der Waals surface area contributed by atoms with Crippen LogP contribution in [0.1, 0.15) is 30.1 Å². The van der Waals surface area contributed by atoms with E-state index in [1.165, 1.54) is 6.07 Å². The second kappa shape index (κ2) is 7.88. The Morgan fingerprint density at radius 3 is 2.57 bits per heavy atom. The van der Waals surface area contributed by atoms with E-state index in [2.05, 4.69) is 15.9 Å². The molecule has 0 spiro atoms. The molecule has 23 heavy (non-hydrogen) atoms. The molecule has 0 bridgehead atoms. The molecular weight excluding hydrogens is 367 g/mol. The number of nitrogens with zero attached hydrogens (tertiary/aromatic N) is 2. The Morgan fingerprint density at radius 2 is 2.04 bits per heavy atom. The molecule has 1 saturated heterocycles. The Hall–Kier alpha value is -1.47. The van der Waals surface area contributed by atoms with Crippen molar-refractivity contribution in [2.75, 3.05) is 26.2 Å². The van der Waals surface area contributed by atoms with Gasteiger partial charge in [0.2, 0.25) is 0 Å². The van der Waals surface area contributed by atoms with Crippen molar-refractivity contribution in [3.63, 3.8) is 0 Å². The minimum absolute atomic E-state index is 0.00791. The maximum atomic E-state index is 13.9. The summed E-state index contributed by atoms with van der Waals surface area (Å²) in [5.74, 6) is -1.71. The quantitative estimate of drug-likeness (QED) is 0.844. The van der Waals surface area contributed by atoms with E-state index in [0.717, 1.165) is 0 Å². The maximum absolute atomic E-state index is 13.9. The van der Waals surface area contributed by atoms with E-state index >= 15 is 0 Å². The molecule has 1 aromatic rings. The van der Waals surface area contributed by atoms with Crippen molar-refractivity contribution >= 4 is 27.8 Å². The number of rotatable bonds is 5. The van der Waals surface area contributed by atoms with Gasteiger partial charge >= 0.3 is 5.97 Å². The van der Waals surface area contributed by atoms with E-state index in [1.54, 1.807) is 17.0 Å². The summed E-state index contributed by atoms with van der Waals surface area (Å²) < 4.78 is 14.4. The third-order valence-corrected chi connectivity index (χ3v) is 4.85. The van der Waals surface area contributed by atoms with Gasteiger partial charge in [-0.1, -0.05) is 13.0 Å². The van der Waals surface area contributed by atoms with Crippen LogP contribution in [0.15, 0.2) is 22.7 Å². The third-order valence-electron chi connectivity index (χ3n) is 4.19. The Labute approximate surface area is 143 Å². The van der Waals surface area contributed by atoms with Gasteiger partial charge in [-0.3, -0.25) is 14.5 Å². The number of carbonyl (C=O) groups is 2. The van der Waals surface area contributed by atoms with Crippen LogP contribution in [0.2, 0.25) is 0 Å². The number of hydrogen-bond donors (Lipinski definition) is 1. The number of benzene rings is 1. The Balaban J connectivity index is 2.01. The molecule has 1 fully saturated rings. The van der Waals surface area contributed by atoms with E-state index in [4.69, 9.17) is 5.11 Å². The first-order chi connectivity index (χ1) is 10.9. The second-order valence-corrected chi connectivity index (χ2v) is 6.43. The zero-order chi connectivity index (χ0) is 17.0. The Kier molecular flexibility index (Phi) is 6.12. The standard InChI is InChI=1S/C16H20BrFN2O3/c1-2-19(10-14(21)22)11-6-8-20(9-7-11)16(23)15-12(17)4-3-5-13(15)18/h3-5,11H,2,6-10H2,1H3,(H,21,22). The first-order valence-corrected chi connectivity index (χ1v) is 8.42. The van der Waals surface area contributed by atoms with Gasteiger partial charge in [-0.05, 0) is 47.4 Å². The first-order valence-electron chi connectivity index (χ1n) is 7.63. The highest BCUT2D eigenvalue weighted by atomic mass is 79.9. The lowest BCUT2D eigenvalue weighted by Crippen LogP contribution is -2.48. The van der Waals surface area contributed by atoms with Crippen LogP contribution in [0.25, 0.3) is 0 Å². The highest BCUT2D eigenvalue weighted by Gasteiger charge is 2.29. The van der Waals surface area contributed by atoms with Gasteiger partial charge < -0.3 is 10.0 Å². The van der Waals surface area contributed by atoms with E-state index in [-0.39, 0.29) is 24.1 Å². The van der Waals surface area contributed by atoms with Crippen LogP contribution in [0.4, 0.5) is 4.39 Å². The van der Waals surface area contributed by atoms with Crippen molar-refractivity contribution in [1.82, 2.24) is 9.80 Å². The SMILES string of the molecule is CCN(CC(=O)O)C1CCN(C(=O)c2c(F)cccc2Br)CC1. The van der Waals surface area contributed by atoms with E-state index in [0.29, 0.717) is 36.9 Å². The van der Waals surface area contributed by atoms with Crippen molar-refractivity contribution < 1.29 is 19.1 Å². The van der Waals surface area contributed by atoms with Gasteiger partial charge in [-0.15, -0.1) is 0 Å². The molecule has 0 saturated carbocycles. The van der Waals surface area contributed by atoms with Crippen LogP contribution in [0, 0.1) is 5.82 Å². The molecule has 1 aliphatic rings. The van der Waals surface area contributed by atoms with Crippen molar-refractivity contribution in [3.05, 3.63) is 34.1 Å². The summed E-state index contributed by atoms with van der Waals surface area (Å²) in [4.78, 5) is 26.9. The van der Waals surface area contributed by atoms with Crippen LogP contribution in [-0.4, -0.2) is 59.0 Å². The molecular formula is C16H20BrFN2O3. The van der Waals surface area contributed by atoms with E-state index in [9.17, 15) is 14.0 Å². The Bertz CT molecular complexity index is 568. The summed E-state index contributed by atoms with van der Waals surface area (Å²) in [6.45, 7) is 3.59. The van der Waals surface area contributed by atoms with Gasteiger partial charge in [0, 0.05) is 23.6 Å². The predicted molar refractivity (Wildman–Crippen MR) is 87.9 cm³/mol. The van der Waals surface area contributed by atoms with Crippen molar-refractivity contribution in [2.24, 2.45) is 0 Å². The highest BCUT2D eigenvalue weighted by molar-refractivity contribution is 9.10. The van der Waals surface area contributed by atoms with Gasteiger partial charge in [0.05, 0.1) is 12.1 Å². The number of aliphatic carboxylic acids is 1. The number of piperidine rings is 1. The number of likely N-dealkylation sites (N-methyl/N-ethyl adjacent to an activating group) is 1. The van der Waals surface area contributed by atoms with Crippen molar-refractivity contribution in [1.29, 1.82) is 0 Å². The lowest BCUT2D eigenvalue weighted by molar-refractivity contribution is -0.139. The van der Waals surface area contributed by atoms with Gasteiger partial charge in [0.25, 0.3) is 5.91 Å². The number of carboxylic acids is 1. The molecule has 0 aromatic heterocycles. The molecule has 1 aliphatic heterocycles.